The van der Waals surface area contributed by atoms with Crippen molar-refractivity contribution in [2.45, 2.75) is 74.8 Å². The van der Waals surface area contributed by atoms with E-state index < -0.39 is 45.8 Å². The zero-order valence-electron chi connectivity index (χ0n) is 31.6. The number of carbonyl (C=O) groups excluding carboxylic acids is 2. The number of nitrogens with zero attached hydrogens (tertiary/aromatic N) is 4. The highest BCUT2D eigenvalue weighted by molar-refractivity contribution is 7.89. The third kappa shape index (κ3) is 9.10. The molecule has 1 aliphatic heterocycles. The summed E-state index contributed by atoms with van der Waals surface area (Å²) in [6.45, 7) is 5.83. The fourth-order valence-electron chi connectivity index (χ4n) is 7.46. The second-order valence-electron chi connectivity index (χ2n) is 15.8. The van der Waals surface area contributed by atoms with Crippen LogP contribution in [0.25, 0.3) is 10.9 Å². The second kappa shape index (κ2) is 16.1. The summed E-state index contributed by atoms with van der Waals surface area (Å²) in [6, 6.07) is 24.3. The van der Waals surface area contributed by atoms with Crippen LogP contribution in [-0.4, -0.2) is 109 Å². The molecule has 0 radical (unpaired) electrons. The van der Waals surface area contributed by atoms with Crippen molar-refractivity contribution in [1.82, 2.24) is 24.8 Å². The molecule has 1 fully saturated rings. The molecule has 288 valence electrons. The Morgan fingerprint density at radius 2 is 1.70 bits per heavy atom. The van der Waals surface area contributed by atoms with E-state index in [0.717, 1.165) is 22.5 Å². The molecular formula is C41H52N6O6S. The molecule has 2 heterocycles. The molecule has 2 aliphatic rings. The molecule has 1 aromatic heterocycles. The van der Waals surface area contributed by atoms with Crippen LogP contribution >= 0.6 is 0 Å². The van der Waals surface area contributed by atoms with Gasteiger partial charge in [-0.15, -0.1) is 0 Å². The van der Waals surface area contributed by atoms with Gasteiger partial charge in [-0.1, -0.05) is 54.6 Å². The van der Waals surface area contributed by atoms with E-state index in [4.69, 9.17) is 0 Å². The molecule has 0 unspecified atom stereocenters. The lowest BCUT2D eigenvalue weighted by Crippen LogP contribution is -2.62. The lowest BCUT2D eigenvalue weighted by Gasteiger charge is -2.41. The third-order valence-electron chi connectivity index (χ3n) is 10.2. The van der Waals surface area contributed by atoms with E-state index in [2.05, 4.69) is 15.6 Å². The van der Waals surface area contributed by atoms with Gasteiger partial charge < -0.3 is 25.7 Å². The lowest BCUT2D eigenvalue weighted by atomic mass is 9.91. The number of aliphatic hydroxyl groups is 2. The molecule has 2 amide bonds. The van der Waals surface area contributed by atoms with Gasteiger partial charge in [0, 0.05) is 63.5 Å². The minimum absolute atomic E-state index is 0.0550. The maximum atomic E-state index is 14.1. The molecule has 0 spiro atoms. The van der Waals surface area contributed by atoms with Gasteiger partial charge in [-0.05, 0) is 80.6 Å². The van der Waals surface area contributed by atoms with E-state index in [1.807, 2.05) is 111 Å². The number of aromatic nitrogens is 1. The number of fused-ring (bicyclic) bond motifs is 2. The summed E-state index contributed by atoms with van der Waals surface area (Å²) in [4.78, 5) is 36.2. The van der Waals surface area contributed by atoms with Gasteiger partial charge in [0.25, 0.3) is 0 Å². The fraction of sp³-hybridized carbons (Fsp3) is 0.439. The molecule has 12 nitrogen and oxygen atoms in total. The van der Waals surface area contributed by atoms with E-state index in [-0.39, 0.29) is 49.3 Å². The van der Waals surface area contributed by atoms with Gasteiger partial charge in [-0.3, -0.25) is 14.5 Å². The van der Waals surface area contributed by atoms with Crippen molar-refractivity contribution in [3.63, 3.8) is 0 Å². The van der Waals surface area contributed by atoms with Crippen molar-refractivity contribution >= 4 is 38.6 Å². The number of amides is 2. The summed E-state index contributed by atoms with van der Waals surface area (Å²) >= 11 is 0. The Morgan fingerprint density at radius 1 is 0.981 bits per heavy atom. The van der Waals surface area contributed by atoms with Crippen LogP contribution < -0.4 is 15.5 Å². The Morgan fingerprint density at radius 3 is 2.43 bits per heavy atom. The SMILES string of the molecule is CN(C)c1ccc2cc(S(=O)(=O)N3CCN(C[C@@H](O)C[C@H](Cc4ccccc4)C(=O)N[C@H]4c5ccccc5C[C@H]4O)[C@H](C(=O)NC(C)(C)C)C3)ccc2n1. The number of carbonyl (C=O) groups is 2. The monoisotopic (exact) mass is 756 g/mol. The highest BCUT2D eigenvalue weighted by atomic mass is 32.2. The molecule has 0 saturated carbocycles. The first-order valence-electron chi connectivity index (χ1n) is 18.5. The normalized spacial score (nSPS) is 20.6. The Balaban J connectivity index is 1.20. The molecule has 5 atom stereocenters. The van der Waals surface area contributed by atoms with Gasteiger partial charge in [-0.2, -0.15) is 4.31 Å². The number of β-amino-alcohol motifs (C(OH)–C–C–N with tert-alkyl or cyclic N) is 1. The third-order valence-corrected chi connectivity index (χ3v) is 12.1. The minimum atomic E-state index is -3.99. The first kappa shape index (κ1) is 39.3. The van der Waals surface area contributed by atoms with Crippen LogP contribution in [0.3, 0.4) is 0 Å². The average molecular weight is 757 g/mol. The van der Waals surface area contributed by atoms with Crippen molar-refractivity contribution in [2.24, 2.45) is 5.92 Å². The Bertz CT molecular complexity index is 2070. The van der Waals surface area contributed by atoms with Crippen LogP contribution in [0.4, 0.5) is 5.82 Å². The number of anilines is 1. The Hall–Kier alpha value is -4.40. The van der Waals surface area contributed by atoms with E-state index in [1.54, 1.807) is 18.2 Å². The number of benzene rings is 3. The predicted molar refractivity (Wildman–Crippen MR) is 209 cm³/mol. The molecule has 1 saturated heterocycles. The minimum Gasteiger partial charge on any atom is -0.392 e. The summed E-state index contributed by atoms with van der Waals surface area (Å²) in [5, 5.41) is 29.2. The van der Waals surface area contributed by atoms with E-state index in [9.17, 15) is 28.2 Å². The number of nitrogens with one attached hydrogen (secondary N) is 2. The van der Waals surface area contributed by atoms with Gasteiger partial charge in [-0.25, -0.2) is 13.4 Å². The summed E-state index contributed by atoms with van der Waals surface area (Å²) in [5.74, 6) is -0.502. The van der Waals surface area contributed by atoms with Crippen LogP contribution in [-0.2, 0) is 32.5 Å². The molecular weight excluding hydrogens is 705 g/mol. The molecule has 1 aliphatic carbocycles. The zero-order chi connectivity index (χ0) is 38.8. The summed E-state index contributed by atoms with van der Waals surface area (Å²) in [5.41, 5.74) is 2.90. The summed E-state index contributed by atoms with van der Waals surface area (Å²) in [7, 11) is -0.213. The van der Waals surface area contributed by atoms with Crippen LogP contribution in [0.5, 0.6) is 0 Å². The number of aliphatic hydroxyl groups excluding tert-OH is 2. The summed E-state index contributed by atoms with van der Waals surface area (Å²) in [6.07, 6.45) is -0.865. The first-order chi connectivity index (χ1) is 25.6. The number of piperazine rings is 1. The van der Waals surface area contributed by atoms with Gasteiger partial charge in [0.1, 0.15) is 11.9 Å². The Kier molecular flexibility index (Phi) is 11.7. The topological polar surface area (TPSA) is 155 Å². The average Bonchev–Trinajstić information content (AvgIpc) is 3.44. The predicted octanol–water partition coefficient (Wildman–Crippen LogP) is 3.27. The lowest BCUT2D eigenvalue weighted by molar-refractivity contribution is -0.131. The molecule has 4 N–H and O–H groups in total. The molecule has 4 aromatic rings. The standard InChI is InChI=1S/C41H52N6O6S/c1-41(2,3)44-40(51)35-26-47(54(52,53)32-16-17-34-29(23-32)15-18-37(42-34)45(4)5)20-19-46(35)25-31(48)22-30(21-27-11-7-6-8-12-27)39(50)43-38-33-14-10-9-13-28(33)24-36(38)49/h6-18,23,30-31,35-36,38,48-49H,19-22,24-26H2,1-5H3,(H,43,50)(H,44,51)/t30-,31-,35-,36+,38-/m0/s1. The van der Waals surface area contributed by atoms with Gasteiger partial charge in [0.05, 0.1) is 28.7 Å². The maximum absolute atomic E-state index is 14.1. The quantitative estimate of drug-likeness (QED) is 0.171. The molecule has 6 rings (SSSR count). The summed E-state index contributed by atoms with van der Waals surface area (Å²) < 4.78 is 29.5. The van der Waals surface area contributed by atoms with E-state index in [0.29, 0.717) is 23.7 Å². The highest BCUT2D eigenvalue weighted by Gasteiger charge is 2.40. The fourth-order valence-corrected chi connectivity index (χ4v) is 8.93. The van der Waals surface area contributed by atoms with Gasteiger partial charge >= 0.3 is 0 Å². The molecule has 54 heavy (non-hydrogen) atoms. The molecule has 0 bridgehead atoms. The number of rotatable bonds is 12. The first-order valence-corrected chi connectivity index (χ1v) is 20.0. The molecule has 13 heteroatoms. The number of hydrogen-bond donors (Lipinski definition) is 4. The Labute approximate surface area is 318 Å². The van der Waals surface area contributed by atoms with Crippen molar-refractivity contribution < 1.29 is 28.2 Å². The molecule has 3 aromatic carbocycles. The van der Waals surface area contributed by atoms with Crippen molar-refractivity contribution in [1.29, 1.82) is 0 Å². The van der Waals surface area contributed by atoms with Crippen LogP contribution in [0.1, 0.15) is 49.9 Å². The van der Waals surface area contributed by atoms with E-state index >= 15 is 0 Å². The van der Waals surface area contributed by atoms with Crippen molar-refractivity contribution in [3.8, 4) is 0 Å². The van der Waals surface area contributed by atoms with Crippen LogP contribution in [0.2, 0.25) is 0 Å². The van der Waals surface area contributed by atoms with Crippen LogP contribution in [0.15, 0.2) is 89.8 Å². The van der Waals surface area contributed by atoms with Gasteiger partial charge in [0.2, 0.25) is 21.8 Å². The largest absolute Gasteiger partial charge is 0.392 e. The number of hydrogen-bond acceptors (Lipinski definition) is 9. The second-order valence-corrected chi connectivity index (χ2v) is 17.7. The maximum Gasteiger partial charge on any atom is 0.243 e. The smallest absolute Gasteiger partial charge is 0.243 e. The van der Waals surface area contributed by atoms with Crippen LogP contribution in [0, 0.1) is 5.92 Å². The van der Waals surface area contributed by atoms with Crippen molar-refractivity contribution in [2.75, 3.05) is 45.2 Å². The highest BCUT2D eigenvalue weighted by Crippen LogP contribution is 2.32. The van der Waals surface area contributed by atoms with Gasteiger partial charge in [0.15, 0.2) is 0 Å². The zero-order valence-corrected chi connectivity index (χ0v) is 32.5. The van der Waals surface area contributed by atoms with Crippen molar-refractivity contribution in [3.05, 3.63) is 102 Å². The number of pyridine rings is 1. The van der Waals surface area contributed by atoms with E-state index in [1.165, 1.54) is 4.31 Å². The number of sulfonamides is 1.